The van der Waals surface area contributed by atoms with E-state index in [9.17, 15) is 4.79 Å². The summed E-state index contributed by atoms with van der Waals surface area (Å²) in [4.78, 5) is 11.9. The summed E-state index contributed by atoms with van der Waals surface area (Å²) in [5.41, 5.74) is 2.67. The molecule has 1 aliphatic heterocycles. The first kappa shape index (κ1) is 11.1. The Hall–Kier alpha value is -2.03. The molecule has 1 aromatic heterocycles. The SMILES string of the molecule is C=C(C)C1Cc2cc3oc(C)cc(=O)c3cc2O1. The molecule has 3 rings (SSSR count). The molecule has 0 saturated carbocycles. The number of fused-ring (bicyclic) bond motifs is 2. The Bertz CT molecular complexity index is 709. The molecule has 3 heteroatoms. The zero-order valence-electron chi connectivity index (χ0n) is 10.4. The lowest BCUT2D eigenvalue weighted by Crippen LogP contribution is -2.13. The zero-order chi connectivity index (χ0) is 12.9. The van der Waals surface area contributed by atoms with Crippen LogP contribution in [0.2, 0.25) is 0 Å². The van der Waals surface area contributed by atoms with Gasteiger partial charge in [-0.2, -0.15) is 0 Å². The van der Waals surface area contributed by atoms with E-state index in [4.69, 9.17) is 9.15 Å². The summed E-state index contributed by atoms with van der Waals surface area (Å²) >= 11 is 0. The molecule has 1 unspecified atom stereocenters. The maximum absolute atomic E-state index is 11.9. The van der Waals surface area contributed by atoms with Crippen LogP contribution in [0.15, 0.2) is 39.6 Å². The molecule has 2 aromatic rings. The van der Waals surface area contributed by atoms with Gasteiger partial charge in [0.15, 0.2) is 5.43 Å². The van der Waals surface area contributed by atoms with E-state index in [2.05, 4.69) is 6.58 Å². The molecule has 92 valence electrons. The van der Waals surface area contributed by atoms with Crippen LogP contribution in [0.3, 0.4) is 0 Å². The quantitative estimate of drug-likeness (QED) is 0.722. The largest absolute Gasteiger partial charge is 0.485 e. The van der Waals surface area contributed by atoms with Crippen LogP contribution in [-0.4, -0.2) is 6.10 Å². The van der Waals surface area contributed by atoms with Crippen LogP contribution in [0.25, 0.3) is 11.0 Å². The molecule has 0 fully saturated rings. The van der Waals surface area contributed by atoms with Crippen LogP contribution in [0, 0.1) is 6.92 Å². The van der Waals surface area contributed by atoms with E-state index in [1.54, 1.807) is 13.0 Å². The van der Waals surface area contributed by atoms with Crippen molar-refractivity contribution in [3.05, 3.63) is 51.9 Å². The number of ether oxygens (including phenoxy) is 1. The molecule has 0 amide bonds. The fraction of sp³-hybridized carbons (Fsp3) is 0.267. The van der Waals surface area contributed by atoms with Crippen LogP contribution < -0.4 is 10.2 Å². The molecule has 0 spiro atoms. The molecule has 0 radical (unpaired) electrons. The highest BCUT2D eigenvalue weighted by atomic mass is 16.5. The second kappa shape index (κ2) is 3.73. The minimum atomic E-state index is -0.0288. The van der Waals surface area contributed by atoms with Gasteiger partial charge in [0, 0.05) is 18.1 Å². The maximum atomic E-state index is 11.9. The third-order valence-electron chi connectivity index (χ3n) is 3.26. The first-order valence-electron chi connectivity index (χ1n) is 5.94. The van der Waals surface area contributed by atoms with Gasteiger partial charge in [-0.15, -0.1) is 0 Å². The molecule has 0 N–H and O–H groups in total. The van der Waals surface area contributed by atoms with Gasteiger partial charge < -0.3 is 9.15 Å². The van der Waals surface area contributed by atoms with E-state index in [0.29, 0.717) is 16.7 Å². The molecule has 1 atom stereocenters. The highest BCUT2D eigenvalue weighted by molar-refractivity contribution is 5.80. The highest BCUT2D eigenvalue weighted by Gasteiger charge is 2.24. The van der Waals surface area contributed by atoms with Crippen LogP contribution in [0.5, 0.6) is 5.75 Å². The number of aryl methyl sites for hydroxylation is 1. The second-order valence-corrected chi connectivity index (χ2v) is 4.83. The standard InChI is InChI=1S/C15H14O3/c1-8(2)13-5-10-6-15-11(7-14(10)18-13)12(16)4-9(3)17-15/h4,6-7,13H,1,5H2,2-3H3. The fourth-order valence-electron chi connectivity index (χ4n) is 2.28. The first-order valence-corrected chi connectivity index (χ1v) is 5.94. The molecule has 0 saturated heterocycles. The summed E-state index contributed by atoms with van der Waals surface area (Å²) in [6.45, 7) is 7.64. The van der Waals surface area contributed by atoms with Gasteiger partial charge in [-0.3, -0.25) is 4.79 Å². The van der Waals surface area contributed by atoms with E-state index in [0.717, 1.165) is 23.3 Å². The normalized spacial score (nSPS) is 17.6. The van der Waals surface area contributed by atoms with Crippen LogP contribution in [-0.2, 0) is 6.42 Å². The van der Waals surface area contributed by atoms with Crippen molar-refractivity contribution < 1.29 is 9.15 Å². The Labute approximate surface area is 105 Å². The summed E-state index contributed by atoms with van der Waals surface area (Å²) in [5.74, 6) is 1.40. The monoisotopic (exact) mass is 242 g/mol. The minimum Gasteiger partial charge on any atom is -0.485 e. The van der Waals surface area contributed by atoms with E-state index in [1.807, 2.05) is 13.0 Å². The van der Waals surface area contributed by atoms with Crippen LogP contribution in [0.1, 0.15) is 18.2 Å². The Morgan fingerprint density at radius 2 is 2.17 bits per heavy atom. The van der Waals surface area contributed by atoms with Crippen molar-refractivity contribution in [2.75, 3.05) is 0 Å². The lowest BCUT2D eigenvalue weighted by Gasteiger charge is -2.08. The minimum absolute atomic E-state index is 0.00742. The van der Waals surface area contributed by atoms with Crippen molar-refractivity contribution >= 4 is 11.0 Å². The first-order chi connectivity index (χ1) is 8.54. The van der Waals surface area contributed by atoms with Crippen LogP contribution >= 0.6 is 0 Å². The van der Waals surface area contributed by atoms with Crippen molar-refractivity contribution in [2.45, 2.75) is 26.4 Å². The van der Waals surface area contributed by atoms with E-state index in [1.165, 1.54) is 6.07 Å². The lowest BCUT2D eigenvalue weighted by molar-refractivity contribution is 0.271. The maximum Gasteiger partial charge on any atom is 0.193 e. The number of hydrogen-bond donors (Lipinski definition) is 0. The summed E-state index contributed by atoms with van der Waals surface area (Å²) in [7, 11) is 0. The van der Waals surface area contributed by atoms with Gasteiger partial charge in [0.05, 0.1) is 5.39 Å². The smallest absolute Gasteiger partial charge is 0.193 e. The molecule has 3 nitrogen and oxygen atoms in total. The van der Waals surface area contributed by atoms with Crippen molar-refractivity contribution in [1.29, 1.82) is 0 Å². The van der Waals surface area contributed by atoms with Gasteiger partial charge in [0.1, 0.15) is 23.2 Å². The van der Waals surface area contributed by atoms with Gasteiger partial charge in [-0.1, -0.05) is 6.58 Å². The number of benzene rings is 1. The predicted molar refractivity (Wildman–Crippen MR) is 70.2 cm³/mol. The van der Waals surface area contributed by atoms with E-state index in [-0.39, 0.29) is 11.5 Å². The molecule has 2 heterocycles. The Morgan fingerprint density at radius 3 is 2.89 bits per heavy atom. The fourth-order valence-corrected chi connectivity index (χ4v) is 2.28. The summed E-state index contributed by atoms with van der Waals surface area (Å²) in [6.07, 6.45) is 0.797. The third-order valence-corrected chi connectivity index (χ3v) is 3.26. The Balaban J connectivity index is 2.20. The third kappa shape index (κ3) is 1.63. The van der Waals surface area contributed by atoms with Crippen molar-refractivity contribution in [3.8, 4) is 5.75 Å². The van der Waals surface area contributed by atoms with Crippen LogP contribution in [0.4, 0.5) is 0 Å². The van der Waals surface area contributed by atoms with E-state index < -0.39 is 0 Å². The molecule has 0 aliphatic carbocycles. The Kier molecular flexibility index (Phi) is 2.30. The topological polar surface area (TPSA) is 39.4 Å². The lowest BCUT2D eigenvalue weighted by atomic mass is 10.0. The number of hydrogen-bond acceptors (Lipinski definition) is 3. The summed E-state index contributed by atoms with van der Waals surface area (Å²) in [5, 5.41) is 0.571. The van der Waals surface area contributed by atoms with E-state index >= 15 is 0 Å². The molecule has 0 bridgehead atoms. The molecular weight excluding hydrogens is 228 g/mol. The van der Waals surface area contributed by atoms with Crippen molar-refractivity contribution in [1.82, 2.24) is 0 Å². The van der Waals surface area contributed by atoms with Gasteiger partial charge >= 0.3 is 0 Å². The molecule has 18 heavy (non-hydrogen) atoms. The summed E-state index contributed by atoms with van der Waals surface area (Å²) < 4.78 is 11.4. The zero-order valence-corrected chi connectivity index (χ0v) is 10.4. The van der Waals surface area contributed by atoms with Crippen molar-refractivity contribution in [2.24, 2.45) is 0 Å². The highest BCUT2D eigenvalue weighted by Crippen LogP contribution is 2.34. The van der Waals surface area contributed by atoms with Gasteiger partial charge in [-0.25, -0.2) is 0 Å². The molecular formula is C15H14O3. The van der Waals surface area contributed by atoms with Gasteiger partial charge in [-0.05, 0) is 31.6 Å². The molecule has 1 aromatic carbocycles. The second-order valence-electron chi connectivity index (χ2n) is 4.83. The summed E-state index contributed by atoms with van der Waals surface area (Å²) in [6, 6.07) is 5.18. The van der Waals surface area contributed by atoms with Gasteiger partial charge in [0.2, 0.25) is 0 Å². The van der Waals surface area contributed by atoms with Crippen molar-refractivity contribution in [3.63, 3.8) is 0 Å². The number of rotatable bonds is 1. The average Bonchev–Trinajstić information content (AvgIpc) is 2.69. The Morgan fingerprint density at radius 1 is 1.39 bits per heavy atom. The average molecular weight is 242 g/mol. The predicted octanol–water partition coefficient (Wildman–Crippen LogP) is 2.98. The van der Waals surface area contributed by atoms with Gasteiger partial charge in [0.25, 0.3) is 0 Å². The molecule has 1 aliphatic rings.